The number of carbonyl (C=O) groups is 1. The number of rotatable bonds is 5. The first-order chi connectivity index (χ1) is 13.2. The summed E-state index contributed by atoms with van der Waals surface area (Å²) in [6, 6.07) is 5.73. The lowest BCUT2D eigenvalue weighted by Gasteiger charge is -2.21. The Morgan fingerprint density at radius 2 is 2.22 bits per heavy atom. The molecule has 3 aromatic rings. The molecule has 1 fully saturated rings. The summed E-state index contributed by atoms with van der Waals surface area (Å²) >= 11 is 3.11. The minimum atomic E-state index is 0.00962. The molecule has 6 nitrogen and oxygen atoms in total. The molecule has 1 atom stereocenters. The van der Waals surface area contributed by atoms with Crippen molar-refractivity contribution in [3.8, 4) is 0 Å². The van der Waals surface area contributed by atoms with E-state index in [1.165, 1.54) is 11.3 Å². The number of hydrogen-bond donors (Lipinski definition) is 1. The zero-order chi connectivity index (χ0) is 18.6. The third-order valence-corrected chi connectivity index (χ3v) is 5.90. The zero-order valence-corrected chi connectivity index (χ0v) is 16.5. The van der Waals surface area contributed by atoms with Crippen LogP contribution in [0.5, 0.6) is 0 Å². The predicted octanol–water partition coefficient (Wildman–Crippen LogP) is 4.42. The summed E-state index contributed by atoms with van der Waals surface area (Å²) in [5, 5.41) is 8.98. The lowest BCUT2D eigenvalue weighted by atomic mass is 10.1. The SMILES string of the molecule is Cc1nc(/C=C/C(=O)N2CCC[C@@H]2c2csc(Nc3ccccn3)n2)cs1. The van der Waals surface area contributed by atoms with Crippen LogP contribution in [0, 0.1) is 6.92 Å². The lowest BCUT2D eigenvalue weighted by Crippen LogP contribution is -2.29. The molecule has 27 heavy (non-hydrogen) atoms. The van der Waals surface area contributed by atoms with E-state index in [1.807, 2.05) is 40.8 Å². The fourth-order valence-corrected chi connectivity index (χ4v) is 4.43. The van der Waals surface area contributed by atoms with Gasteiger partial charge in [-0.05, 0) is 38.0 Å². The first-order valence-electron chi connectivity index (χ1n) is 8.73. The summed E-state index contributed by atoms with van der Waals surface area (Å²) < 4.78 is 0. The predicted molar refractivity (Wildman–Crippen MR) is 109 cm³/mol. The average molecular weight is 398 g/mol. The van der Waals surface area contributed by atoms with Crippen LogP contribution >= 0.6 is 22.7 Å². The van der Waals surface area contributed by atoms with Gasteiger partial charge in [-0.25, -0.2) is 15.0 Å². The van der Waals surface area contributed by atoms with Crippen LogP contribution in [0.25, 0.3) is 6.08 Å². The second-order valence-corrected chi connectivity index (χ2v) is 8.15. The van der Waals surface area contributed by atoms with Gasteiger partial charge in [0.05, 0.1) is 22.4 Å². The number of carbonyl (C=O) groups excluding carboxylic acids is 1. The summed E-state index contributed by atoms with van der Waals surface area (Å²) in [7, 11) is 0. The molecule has 138 valence electrons. The van der Waals surface area contributed by atoms with Crippen molar-refractivity contribution in [3.05, 3.63) is 57.6 Å². The molecule has 0 saturated carbocycles. The molecule has 8 heteroatoms. The average Bonchev–Trinajstić information content (AvgIpc) is 3.41. The smallest absolute Gasteiger partial charge is 0.247 e. The molecule has 1 aliphatic rings. The van der Waals surface area contributed by atoms with E-state index in [9.17, 15) is 4.79 Å². The Morgan fingerprint density at radius 1 is 1.30 bits per heavy atom. The van der Waals surface area contributed by atoms with Gasteiger partial charge in [-0.1, -0.05) is 6.07 Å². The number of amides is 1. The molecule has 1 aliphatic heterocycles. The Balaban J connectivity index is 1.45. The summed E-state index contributed by atoms with van der Waals surface area (Å²) in [5.41, 5.74) is 1.76. The second kappa shape index (κ2) is 7.98. The third-order valence-electron chi connectivity index (χ3n) is 4.33. The Morgan fingerprint density at radius 3 is 3.00 bits per heavy atom. The summed E-state index contributed by atoms with van der Waals surface area (Å²) in [6.07, 6.45) is 7.07. The highest BCUT2D eigenvalue weighted by Gasteiger charge is 2.30. The van der Waals surface area contributed by atoms with Gasteiger partial charge in [0.15, 0.2) is 5.13 Å². The van der Waals surface area contributed by atoms with E-state index in [1.54, 1.807) is 29.7 Å². The standard InChI is InChI=1S/C19H19N5OS2/c1-13-21-14(11-26-13)7-8-18(25)24-10-4-5-16(24)15-12-27-19(22-15)23-17-6-2-3-9-20-17/h2-3,6-9,11-12,16H,4-5,10H2,1H3,(H,20,22,23)/b8-7+/t16-/m1/s1. The van der Waals surface area contributed by atoms with Crippen molar-refractivity contribution in [2.75, 3.05) is 11.9 Å². The number of nitrogens with one attached hydrogen (secondary N) is 1. The molecule has 1 saturated heterocycles. The number of likely N-dealkylation sites (tertiary alicyclic amines) is 1. The number of thiazole rings is 2. The minimum absolute atomic E-state index is 0.00962. The number of anilines is 2. The number of pyridine rings is 1. The van der Waals surface area contributed by atoms with Crippen molar-refractivity contribution in [1.29, 1.82) is 0 Å². The van der Waals surface area contributed by atoms with Gasteiger partial charge in [0.1, 0.15) is 5.82 Å². The summed E-state index contributed by atoms with van der Waals surface area (Å²) in [5.74, 6) is 0.773. The zero-order valence-electron chi connectivity index (χ0n) is 14.8. The van der Waals surface area contributed by atoms with E-state index < -0.39 is 0 Å². The molecule has 1 amide bonds. The van der Waals surface area contributed by atoms with Crippen LogP contribution in [0.4, 0.5) is 10.9 Å². The van der Waals surface area contributed by atoms with Crippen LogP contribution in [-0.4, -0.2) is 32.3 Å². The van der Waals surface area contributed by atoms with Gasteiger partial charge in [0.2, 0.25) is 5.91 Å². The van der Waals surface area contributed by atoms with Crippen LogP contribution in [0.2, 0.25) is 0 Å². The molecule has 1 N–H and O–H groups in total. The van der Waals surface area contributed by atoms with Crippen LogP contribution in [0.3, 0.4) is 0 Å². The van der Waals surface area contributed by atoms with Gasteiger partial charge in [0.25, 0.3) is 0 Å². The van der Waals surface area contributed by atoms with E-state index in [0.717, 1.165) is 46.7 Å². The maximum atomic E-state index is 12.7. The highest BCUT2D eigenvalue weighted by atomic mass is 32.1. The third kappa shape index (κ3) is 4.23. The maximum absolute atomic E-state index is 12.7. The molecule has 0 aromatic carbocycles. The highest BCUT2D eigenvalue weighted by Crippen LogP contribution is 2.34. The normalized spacial score (nSPS) is 16.9. The quantitative estimate of drug-likeness (QED) is 0.645. The van der Waals surface area contributed by atoms with Crippen LogP contribution in [0.15, 0.2) is 41.2 Å². The van der Waals surface area contributed by atoms with Crippen molar-refractivity contribution in [2.45, 2.75) is 25.8 Å². The Labute approximate surface area is 165 Å². The minimum Gasteiger partial charge on any atom is -0.331 e. The molecule has 4 rings (SSSR count). The number of aromatic nitrogens is 3. The van der Waals surface area contributed by atoms with E-state index >= 15 is 0 Å². The number of hydrogen-bond acceptors (Lipinski definition) is 7. The first kappa shape index (κ1) is 17.8. The fourth-order valence-electron chi connectivity index (χ4n) is 3.09. The molecular weight excluding hydrogens is 378 g/mol. The van der Waals surface area contributed by atoms with Gasteiger partial charge in [0, 0.05) is 29.6 Å². The summed E-state index contributed by atoms with van der Waals surface area (Å²) in [4.78, 5) is 27.9. The van der Waals surface area contributed by atoms with E-state index in [2.05, 4.69) is 20.3 Å². The Kier molecular flexibility index (Phi) is 5.26. The highest BCUT2D eigenvalue weighted by molar-refractivity contribution is 7.13. The molecule has 0 aliphatic carbocycles. The summed E-state index contributed by atoms with van der Waals surface area (Å²) in [6.45, 7) is 2.71. The van der Waals surface area contributed by atoms with E-state index in [-0.39, 0.29) is 11.9 Å². The van der Waals surface area contributed by atoms with Gasteiger partial charge in [-0.3, -0.25) is 4.79 Å². The van der Waals surface area contributed by atoms with Crippen LogP contribution < -0.4 is 5.32 Å². The number of nitrogens with zero attached hydrogens (tertiary/aromatic N) is 4. The molecule has 0 spiro atoms. The molecule has 3 aromatic heterocycles. The topological polar surface area (TPSA) is 71.0 Å². The van der Waals surface area contributed by atoms with Crippen molar-refractivity contribution >= 4 is 45.6 Å². The van der Waals surface area contributed by atoms with Crippen molar-refractivity contribution in [2.24, 2.45) is 0 Å². The van der Waals surface area contributed by atoms with Crippen molar-refractivity contribution in [3.63, 3.8) is 0 Å². The van der Waals surface area contributed by atoms with Gasteiger partial charge in [-0.15, -0.1) is 22.7 Å². The Bertz CT molecular complexity index is 950. The van der Waals surface area contributed by atoms with E-state index in [0.29, 0.717) is 0 Å². The fraction of sp³-hybridized carbons (Fsp3) is 0.263. The van der Waals surface area contributed by atoms with Gasteiger partial charge < -0.3 is 10.2 Å². The first-order valence-corrected chi connectivity index (χ1v) is 10.5. The monoisotopic (exact) mass is 397 g/mol. The van der Waals surface area contributed by atoms with Crippen molar-refractivity contribution in [1.82, 2.24) is 19.9 Å². The van der Waals surface area contributed by atoms with Gasteiger partial charge >= 0.3 is 0 Å². The number of aryl methyl sites for hydroxylation is 1. The maximum Gasteiger partial charge on any atom is 0.247 e. The van der Waals surface area contributed by atoms with E-state index in [4.69, 9.17) is 0 Å². The Hall–Kier alpha value is -2.58. The van der Waals surface area contributed by atoms with Crippen LogP contribution in [-0.2, 0) is 4.79 Å². The lowest BCUT2D eigenvalue weighted by molar-refractivity contribution is -0.126. The largest absolute Gasteiger partial charge is 0.331 e. The van der Waals surface area contributed by atoms with Gasteiger partial charge in [-0.2, -0.15) is 0 Å². The molecular formula is C19H19N5OS2. The molecule has 4 heterocycles. The molecule has 0 unspecified atom stereocenters. The van der Waals surface area contributed by atoms with Crippen LogP contribution in [0.1, 0.15) is 35.3 Å². The molecule has 0 radical (unpaired) electrons. The van der Waals surface area contributed by atoms with Crippen molar-refractivity contribution < 1.29 is 4.79 Å². The second-order valence-electron chi connectivity index (χ2n) is 6.23. The molecule has 0 bridgehead atoms.